The summed E-state index contributed by atoms with van der Waals surface area (Å²) in [6.07, 6.45) is 2.21. The van der Waals surface area contributed by atoms with Crippen molar-refractivity contribution in [1.82, 2.24) is 10.2 Å². The van der Waals surface area contributed by atoms with Crippen LogP contribution in [0.15, 0.2) is 29.3 Å². The lowest BCUT2D eigenvalue weighted by atomic mass is 9.96. The van der Waals surface area contributed by atoms with Crippen molar-refractivity contribution in [2.24, 2.45) is 4.99 Å². The van der Waals surface area contributed by atoms with Gasteiger partial charge in [-0.3, -0.25) is 4.99 Å². The van der Waals surface area contributed by atoms with Crippen molar-refractivity contribution < 1.29 is 8.42 Å². The Balaban J connectivity index is 0.00000261. The summed E-state index contributed by atoms with van der Waals surface area (Å²) >= 11 is 6.16. The number of guanidine groups is 1. The molecule has 152 valence electrons. The minimum absolute atomic E-state index is 0. The van der Waals surface area contributed by atoms with E-state index >= 15 is 0 Å². The van der Waals surface area contributed by atoms with Gasteiger partial charge in [-0.25, -0.2) is 8.42 Å². The van der Waals surface area contributed by atoms with Crippen molar-refractivity contribution in [2.45, 2.75) is 43.8 Å². The van der Waals surface area contributed by atoms with Gasteiger partial charge in [0.1, 0.15) is 0 Å². The molecular weight excluding hydrogens is 497 g/mol. The lowest BCUT2D eigenvalue weighted by Gasteiger charge is -2.39. The molecule has 1 saturated carbocycles. The zero-order valence-electron chi connectivity index (χ0n) is 16.2. The van der Waals surface area contributed by atoms with E-state index in [1.807, 2.05) is 25.1 Å². The molecule has 0 bridgehead atoms. The Bertz CT molecular complexity index is 807. The highest BCUT2D eigenvalue weighted by molar-refractivity contribution is 14.0. The molecule has 1 saturated heterocycles. The van der Waals surface area contributed by atoms with Crippen molar-refractivity contribution in [2.75, 3.05) is 31.9 Å². The van der Waals surface area contributed by atoms with Crippen molar-refractivity contribution >= 4 is 51.4 Å². The second-order valence-electron chi connectivity index (χ2n) is 7.96. The molecule has 5 nitrogen and oxygen atoms in total. The van der Waals surface area contributed by atoms with Gasteiger partial charge in [0.2, 0.25) is 0 Å². The highest BCUT2D eigenvalue weighted by Crippen LogP contribution is 2.48. The first-order valence-electron chi connectivity index (χ1n) is 9.21. The second kappa shape index (κ2) is 8.45. The van der Waals surface area contributed by atoms with Crippen LogP contribution >= 0.6 is 35.6 Å². The van der Waals surface area contributed by atoms with Gasteiger partial charge in [-0.15, -0.1) is 24.0 Å². The minimum Gasteiger partial charge on any atom is -0.357 e. The normalized spacial score (nSPS) is 22.7. The van der Waals surface area contributed by atoms with Gasteiger partial charge in [0, 0.05) is 30.1 Å². The lowest BCUT2D eigenvalue weighted by Crippen LogP contribution is -2.57. The summed E-state index contributed by atoms with van der Waals surface area (Å²) in [5.41, 5.74) is 1.31. The Morgan fingerprint density at radius 1 is 1.33 bits per heavy atom. The third-order valence-corrected chi connectivity index (χ3v) is 8.27. The SMILES string of the molecule is CCNC(=NCC1(c2cccc(Cl)c2)CC1)N1CCS(=O)(=O)C(C)(C)C1.I. The van der Waals surface area contributed by atoms with E-state index < -0.39 is 14.6 Å². The number of benzene rings is 1. The number of nitrogens with one attached hydrogen (secondary N) is 1. The fourth-order valence-electron chi connectivity index (χ4n) is 3.48. The molecule has 1 N–H and O–H groups in total. The Kier molecular flexibility index (Phi) is 7.12. The van der Waals surface area contributed by atoms with E-state index in [4.69, 9.17) is 16.6 Å². The van der Waals surface area contributed by atoms with E-state index in [2.05, 4.69) is 16.3 Å². The molecule has 3 rings (SSSR count). The van der Waals surface area contributed by atoms with Crippen LogP contribution < -0.4 is 5.32 Å². The second-order valence-corrected chi connectivity index (χ2v) is 11.1. The van der Waals surface area contributed by atoms with Crippen LogP contribution in [0.3, 0.4) is 0 Å². The number of rotatable bonds is 4. The van der Waals surface area contributed by atoms with E-state index in [0.717, 1.165) is 30.4 Å². The Hall–Kier alpha value is -0.540. The summed E-state index contributed by atoms with van der Waals surface area (Å²) in [4.78, 5) is 6.97. The molecule has 0 spiro atoms. The van der Waals surface area contributed by atoms with Gasteiger partial charge in [0.05, 0.1) is 17.0 Å². The first kappa shape index (κ1) is 22.7. The molecule has 0 radical (unpaired) electrons. The fraction of sp³-hybridized carbons (Fsp3) is 0.632. The van der Waals surface area contributed by atoms with Gasteiger partial charge in [-0.1, -0.05) is 23.7 Å². The Labute approximate surface area is 184 Å². The van der Waals surface area contributed by atoms with Crippen molar-refractivity contribution in [3.05, 3.63) is 34.9 Å². The third-order valence-electron chi connectivity index (χ3n) is 5.50. The summed E-state index contributed by atoms with van der Waals surface area (Å²) < 4.78 is 23.8. The summed E-state index contributed by atoms with van der Waals surface area (Å²) in [6, 6.07) is 8.04. The molecule has 1 aromatic carbocycles. The first-order valence-corrected chi connectivity index (χ1v) is 11.2. The topological polar surface area (TPSA) is 61.8 Å². The first-order chi connectivity index (χ1) is 12.2. The van der Waals surface area contributed by atoms with E-state index in [0.29, 0.717) is 19.6 Å². The molecular formula is C19H29ClIN3O2S. The number of halogens is 2. The maximum absolute atomic E-state index is 12.3. The van der Waals surface area contributed by atoms with Crippen LogP contribution in [0, 0.1) is 0 Å². The standard InChI is InChI=1S/C19H28ClN3O2S.HI/c1-4-21-17(23-10-11-26(24,25)18(2,3)14-23)22-13-19(8-9-19)15-6-5-7-16(20)12-15;/h5-7,12H,4,8-11,13-14H2,1-3H3,(H,21,22);1H. The van der Waals surface area contributed by atoms with E-state index in [-0.39, 0.29) is 35.1 Å². The Morgan fingerprint density at radius 2 is 2.04 bits per heavy atom. The predicted octanol–water partition coefficient (Wildman–Crippen LogP) is 3.46. The zero-order valence-corrected chi connectivity index (χ0v) is 20.1. The van der Waals surface area contributed by atoms with Crippen molar-refractivity contribution in [3.63, 3.8) is 0 Å². The third kappa shape index (κ3) is 4.90. The molecule has 1 aromatic rings. The molecule has 0 aromatic heterocycles. The fourth-order valence-corrected chi connectivity index (χ4v) is 5.04. The number of sulfone groups is 1. The van der Waals surface area contributed by atoms with Crippen LogP contribution in [0.2, 0.25) is 5.02 Å². The van der Waals surface area contributed by atoms with E-state index in [1.54, 1.807) is 13.8 Å². The molecule has 27 heavy (non-hydrogen) atoms. The molecule has 0 unspecified atom stereocenters. The zero-order chi connectivity index (χ0) is 19.0. The molecule has 8 heteroatoms. The van der Waals surface area contributed by atoms with Gasteiger partial charge < -0.3 is 10.2 Å². The van der Waals surface area contributed by atoms with Crippen LogP contribution in [0.25, 0.3) is 0 Å². The van der Waals surface area contributed by atoms with Crippen LogP contribution in [0.5, 0.6) is 0 Å². The summed E-state index contributed by atoms with van der Waals surface area (Å²) in [5.74, 6) is 0.980. The summed E-state index contributed by atoms with van der Waals surface area (Å²) in [6.45, 7) is 8.03. The smallest absolute Gasteiger partial charge is 0.194 e. The van der Waals surface area contributed by atoms with Gasteiger partial charge in [0.25, 0.3) is 0 Å². The van der Waals surface area contributed by atoms with Gasteiger partial charge >= 0.3 is 0 Å². The number of aliphatic imine (C=N–C) groups is 1. The molecule has 2 fully saturated rings. The largest absolute Gasteiger partial charge is 0.357 e. The average molecular weight is 526 g/mol. The quantitative estimate of drug-likeness (QED) is 0.372. The number of hydrogen-bond donors (Lipinski definition) is 1. The maximum Gasteiger partial charge on any atom is 0.194 e. The van der Waals surface area contributed by atoms with Crippen LogP contribution in [0.4, 0.5) is 0 Å². The Morgan fingerprint density at radius 3 is 2.59 bits per heavy atom. The van der Waals surface area contributed by atoms with Crippen molar-refractivity contribution in [1.29, 1.82) is 0 Å². The molecule has 0 amide bonds. The van der Waals surface area contributed by atoms with Gasteiger partial charge in [0.15, 0.2) is 15.8 Å². The lowest BCUT2D eigenvalue weighted by molar-refractivity contribution is 0.353. The molecule has 1 heterocycles. The average Bonchev–Trinajstić information content (AvgIpc) is 3.35. The van der Waals surface area contributed by atoms with Crippen LogP contribution in [-0.2, 0) is 15.3 Å². The highest BCUT2D eigenvalue weighted by atomic mass is 127. The monoisotopic (exact) mass is 525 g/mol. The van der Waals surface area contributed by atoms with Crippen LogP contribution in [-0.4, -0.2) is 56.0 Å². The summed E-state index contributed by atoms with van der Waals surface area (Å²) in [5, 5.41) is 4.09. The maximum atomic E-state index is 12.3. The highest BCUT2D eigenvalue weighted by Gasteiger charge is 2.45. The molecule has 0 atom stereocenters. The molecule has 1 aliphatic carbocycles. The van der Waals surface area contributed by atoms with Gasteiger partial charge in [-0.05, 0) is 51.3 Å². The minimum atomic E-state index is -3.06. The van der Waals surface area contributed by atoms with E-state index in [1.165, 1.54) is 5.56 Å². The predicted molar refractivity (Wildman–Crippen MR) is 123 cm³/mol. The summed E-state index contributed by atoms with van der Waals surface area (Å²) in [7, 11) is -3.06. The number of nitrogens with zero attached hydrogens (tertiary/aromatic N) is 2. The molecule has 1 aliphatic heterocycles. The number of hydrogen-bond acceptors (Lipinski definition) is 3. The van der Waals surface area contributed by atoms with E-state index in [9.17, 15) is 8.42 Å². The van der Waals surface area contributed by atoms with Crippen molar-refractivity contribution in [3.8, 4) is 0 Å². The molecule has 2 aliphatic rings. The van der Waals surface area contributed by atoms with Gasteiger partial charge in [-0.2, -0.15) is 0 Å². The van der Waals surface area contributed by atoms with Crippen LogP contribution in [0.1, 0.15) is 39.2 Å².